The van der Waals surface area contributed by atoms with E-state index in [1.807, 2.05) is 37.3 Å². The van der Waals surface area contributed by atoms with E-state index in [0.717, 1.165) is 11.1 Å². The number of pyridine rings is 1. The van der Waals surface area contributed by atoms with E-state index in [1.54, 1.807) is 6.92 Å². The van der Waals surface area contributed by atoms with Gasteiger partial charge < -0.3 is 0 Å². The zero-order valence-electron chi connectivity index (χ0n) is 12.5. The number of aromatic nitrogens is 1. The summed E-state index contributed by atoms with van der Waals surface area (Å²) >= 11 is 0. The molecule has 0 aliphatic heterocycles. The number of sulfonamides is 1. The predicted molar refractivity (Wildman–Crippen MR) is 83.4 cm³/mol. The minimum Gasteiger partial charge on any atom is -0.262 e. The van der Waals surface area contributed by atoms with Crippen molar-refractivity contribution in [3.8, 4) is 6.07 Å². The van der Waals surface area contributed by atoms with Gasteiger partial charge >= 0.3 is 0 Å². The van der Waals surface area contributed by atoms with Gasteiger partial charge in [0, 0.05) is 25.5 Å². The molecule has 1 aromatic heterocycles. The van der Waals surface area contributed by atoms with Crippen LogP contribution < -0.4 is 0 Å². The summed E-state index contributed by atoms with van der Waals surface area (Å²) in [6, 6.07) is 11.0. The lowest BCUT2D eigenvalue weighted by Crippen LogP contribution is -2.30. The monoisotopic (exact) mass is 315 g/mol. The molecule has 0 unspecified atom stereocenters. The van der Waals surface area contributed by atoms with Crippen LogP contribution >= 0.6 is 0 Å². The van der Waals surface area contributed by atoms with E-state index < -0.39 is 10.0 Å². The van der Waals surface area contributed by atoms with E-state index in [9.17, 15) is 8.42 Å². The number of nitrogens with zero attached hydrogens (tertiary/aromatic N) is 3. The molecule has 22 heavy (non-hydrogen) atoms. The second-order valence-corrected chi connectivity index (χ2v) is 6.88. The van der Waals surface area contributed by atoms with Crippen molar-refractivity contribution in [2.75, 3.05) is 6.54 Å². The summed E-state index contributed by atoms with van der Waals surface area (Å²) in [5, 5.41) is 8.89. The smallest absolute Gasteiger partial charge is 0.244 e. The molecule has 0 saturated carbocycles. The second kappa shape index (κ2) is 6.69. The average molecular weight is 315 g/mol. The maximum atomic E-state index is 12.7. The number of rotatable bonds is 5. The van der Waals surface area contributed by atoms with Gasteiger partial charge in [0.15, 0.2) is 0 Å². The first-order valence-electron chi connectivity index (χ1n) is 6.88. The molecule has 0 N–H and O–H groups in total. The summed E-state index contributed by atoms with van der Waals surface area (Å²) in [6.45, 7) is 4.38. The molecule has 5 nitrogen and oxygen atoms in total. The summed E-state index contributed by atoms with van der Waals surface area (Å²) in [4.78, 5) is 3.87. The molecule has 0 fully saturated rings. The van der Waals surface area contributed by atoms with Crippen molar-refractivity contribution in [2.45, 2.75) is 25.3 Å². The molecule has 1 heterocycles. The van der Waals surface area contributed by atoms with Gasteiger partial charge in [-0.15, -0.1) is 0 Å². The molecule has 0 aliphatic rings. The molecule has 2 rings (SSSR count). The Morgan fingerprint density at radius 1 is 1.27 bits per heavy atom. The first-order valence-corrected chi connectivity index (χ1v) is 8.32. The maximum absolute atomic E-state index is 12.7. The van der Waals surface area contributed by atoms with Crippen LogP contribution in [0.5, 0.6) is 0 Å². The van der Waals surface area contributed by atoms with Gasteiger partial charge in [-0.2, -0.15) is 9.57 Å². The fourth-order valence-corrected chi connectivity index (χ4v) is 3.58. The number of nitriles is 1. The predicted octanol–water partition coefficient (Wildman–Crippen LogP) is 2.47. The highest BCUT2D eigenvalue weighted by atomic mass is 32.2. The number of hydrogen-bond donors (Lipinski definition) is 0. The van der Waals surface area contributed by atoms with E-state index in [-0.39, 0.29) is 17.0 Å². The van der Waals surface area contributed by atoms with Crippen molar-refractivity contribution in [3.05, 3.63) is 59.4 Å². The number of hydrogen-bond acceptors (Lipinski definition) is 4. The largest absolute Gasteiger partial charge is 0.262 e. The number of aryl methyl sites for hydroxylation is 1. The van der Waals surface area contributed by atoms with Crippen molar-refractivity contribution in [3.63, 3.8) is 0 Å². The van der Waals surface area contributed by atoms with Gasteiger partial charge in [0.05, 0.1) is 5.56 Å². The third-order valence-electron chi connectivity index (χ3n) is 3.27. The van der Waals surface area contributed by atoms with Crippen molar-refractivity contribution >= 4 is 10.0 Å². The lowest BCUT2D eigenvalue weighted by Gasteiger charge is -2.20. The van der Waals surface area contributed by atoms with Crippen LogP contribution in [0.2, 0.25) is 0 Å². The Balaban J connectivity index is 2.34. The maximum Gasteiger partial charge on any atom is 0.244 e. The Kier molecular flexibility index (Phi) is 4.91. The summed E-state index contributed by atoms with van der Waals surface area (Å²) in [7, 11) is -3.68. The van der Waals surface area contributed by atoms with E-state index in [1.165, 1.54) is 22.8 Å². The highest BCUT2D eigenvalue weighted by Crippen LogP contribution is 2.18. The Morgan fingerprint density at radius 2 is 2.05 bits per heavy atom. The van der Waals surface area contributed by atoms with Crippen LogP contribution in [0, 0.1) is 18.3 Å². The fourth-order valence-electron chi connectivity index (χ4n) is 2.15. The van der Waals surface area contributed by atoms with Gasteiger partial charge in [0.2, 0.25) is 10.0 Å². The summed E-state index contributed by atoms with van der Waals surface area (Å²) in [5.41, 5.74) is 2.24. The molecule has 114 valence electrons. The topological polar surface area (TPSA) is 74.1 Å². The van der Waals surface area contributed by atoms with Crippen molar-refractivity contribution in [1.82, 2.24) is 9.29 Å². The average Bonchev–Trinajstić information content (AvgIpc) is 2.52. The zero-order valence-corrected chi connectivity index (χ0v) is 13.3. The number of benzene rings is 1. The minimum atomic E-state index is -3.68. The minimum absolute atomic E-state index is 0.0426. The first kappa shape index (κ1) is 16.1. The van der Waals surface area contributed by atoms with Gasteiger partial charge in [-0.3, -0.25) is 4.98 Å². The van der Waals surface area contributed by atoms with Crippen LogP contribution in [0.3, 0.4) is 0 Å². The third kappa shape index (κ3) is 3.50. The normalized spacial score (nSPS) is 11.4. The van der Waals surface area contributed by atoms with Crippen molar-refractivity contribution in [1.29, 1.82) is 5.26 Å². The van der Waals surface area contributed by atoms with Gasteiger partial charge in [0.25, 0.3) is 0 Å². The van der Waals surface area contributed by atoms with E-state index in [4.69, 9.17) is 5.26 Å². The Bertz CT molecular complexity index is 810. The first-order chi connectivity index (χ1) is 10.5. The SMILES string of the molecule is CCN(Cc1cccc(C)c1)S(=O)(=O)c1cncc(C#N)c1. The highest BCUT2D eigenvalue weighted by molar-refractivity contribution is 7.89. The summed E-state index contributed by atoms with van der Waals surface area (Å²) in [6.07, 6.45) is 2.62. The van der Waals surface area contributed by atoms with Gasteiger partial charge in [0.1, 0.15) is 11.0 Å². The van der Waals surface area contributed by atoms with Crippen molar-refractivity contribution in [2.24, 2.45) is 0 Å². The molecular formula is C16H17N3O2S. The summed E-state index contributed by atoms with van der Waals surface area (Å²) < 4.78 is 26.8. The van der Waals surface area contributed by atoms with Crippen LogP contribution in [-0.4, -0.2) is 24.3 Å². The van der Waals surface area contributed by atoms with E-state index in [2.05, 4.69) is 4.98 Å². The second-order valence-electron chi connectivity index (χ2n) is 4.94. The van der Waals surface area contributed by atoms with E-state index >= 15 is 0 Å². The molecular weight excluding hydrogens is 298 g/mol. The van der Waals surface area contributed by atoms with Crippen LogP contribution in [-0.2, 0) is 16.6 Å². The lowest BCUT2D eigenvalue weighted by molar-refractivity contribution is 0.423. The highest BCUT2D eigenvalue weighted by Gasteiger charge is 2.24. The van der Waals surface area contributed by atoms with Crippen molar-refractivity contribution < 1.29 is 8.42 Å². The molecule has 6 heteroatoms. The molecule has 1 aromatic carbocycles. The van der Waals surface area contributed by atoms with Crippen LogP contribution in [0.1, 0.15) is 23.6 Å². The Labute approximate surface area is 130 Å². The molecule has 0 amide bonds. The fraction of sp³-hybridized carbons (Fsp3) is 0.250. The van der Waals surface area contributed by atoms with Gasteiger partial charge in [-0.05, 0) is 18.6 Å². The lowest BCUT2D eigenvalue weighted by atomic mass is 10.1. The van der Waals surface area contributed by atoms with Gasteiger partial charge in [-0.1, -0.05) is 36.8 Å². The van der Waals surface area contributed by atoms with Crippen LogP contribution in [0.15, 0.2) is 47.6 Å². The Morgan fingerprint density at radius 3 is 2.68 bits per heavy atom. The van der Waals surface area contributed by atoms with Gasteiger partial charge in [-0.25, -0.2) is 8.42 Å². The van der Waals surface area contributed by atoms with Crippen LogP contribution in [0.4, 0.5) is 0 Å². The molecule has 0 radical (unpaired) electrons. The van der Waals surface area contributed by atoms with E-state index in [0.29, 0.717) is 6.54 Å². The standard InChI is InChI=1S/C16H17N3O2S/c1-3-19(12-14-6-4-5-13(2)7-14)22(20,21)16-8-15(9-17)10-18-11-16/h4-8,10-11H,3,12H2,1-2H3. The molecule has 0 spiro atoms. The van der Waals surface area contributed by atoms with Crippen LogP contribution in [0.25, 0.3) is 0 Å². The Hall–Kier alpha value is -2.23. The molecule has 2 aromatic rings. The molecule has 0 saturated heterocycles. The molecule has 0 bridgehead atoms. The zero-order chi connectivity index (χ0) is 16.2. The molecule has 0 aliphatic carbocycles. The molecule has 0 atom stereocenters. The quantitative estimate of drug-likeness (QED) is 0.849. The summed E-state index contributed by atoms with van der Waals surface area (Å²) in [5.74, 6) is 0. The third-order valence-corrected chi connectivity index (χ3v) is 5.16.